The van der Waals surface area contributed by atoms with Crippen LogP contribution in [0.5, 0.6) is 0 Å². The Morgan fingerprint density at radius 2 is 0.960 bits per heavy atom. The molecular formula is C45H28N4O. The van der Waals surface area contributed by atoms with E-state index in [9.17, 15) is 0 Å². The molecule has 0 aliphatic rings. The number of hydrogen-bond acceptors (Lipinski definition) is 4. The molecule has 0 saturated heterocycles. The van der Waals surface area contributed by atoms with Crippen molar-refractivity contribution < 1.29 is 4.42 Å². The van der Waals surface area contributed by atoms with Crippen molar-refractivity contribution in [3.8, 4) is 51.0 Å². The van der Waals surface area contributed by atoms with Crippen LogP contribution in [0.1, 0.15) is 0 Å². The van der Waals surface area contributed by atoms with E-state index in [1.807, 2.05) is 48.5 Å². The number of rotatable bonds is 5. The normalized spacial score (nSPS) is 11.6. The van der Waals surface area contributed by atoms with E-state index in [0.29, 0.717) is 17.5 Å². The Bertz CT molecular complexity index is 2850. The Balaban J connectivity index is 1.11. The van der Waals surface area contributed by atoms with Gasteiger partial charge in [-0.2, -0.15) is 0 Å². The van der Waals surface area contributed by atoms with Crippen LogP contribution in [0.3, 0.4) is 0 Å². The maximum Gasteiger partial charge on any atom is 0.164 e. The van der Waals surface area contributed by atoms with Crippen LogP contribution in [0, 0.1) is 0 Å². The highest BCUT2D eigenvalue weighted by molar-refractivity contribution is 6.23. The van der Waals surface area contributed by atoms with Crippen LogP contribution in [0.25, 0.3) is 94.7 Å². The molecule has 0 unspecified atom stereocenters. The summed E-state index contributed by atoms with van der Waals surface area (Å²) in [5.41, 5.74) is 10.1. The summed E-state index contributed by atoms with van der Waals surface area (Å²) in [4.78, 5) is 15.0. The highest BCUT2D eigenvalue weighted by Crippen LogP contribution is 2.40. The van der Waals surface area contributed by atoms with Gasteiger partial charge in [0.15, 0.2) is 17.5 Å². The third kappa shape index (κ3) is 4.60. The first-order valence-corrected chi connectivity index (χ1v) is 16.7. The van der Waals surface area contributed by atoms with Crippen LogP contribution in [0.2, 0.25) is 0 Å². The van der Waals surface area contributed by atoms with E-state index in [0.717, 1.165) is 77.2 Å². The van der Waals surface area contributed by atoms with E-state index < -0.39 is 0 Å². The highest BCUT2D eigenvalue weighted by atomic mass is 16.3. The van der Waals surface area contributed by atoms with E-state index in [4.69, 9.17) is 19.4 Å². The van der Waals surface area contributed by atoms with E-state index in [-0.39, 0.29) is 0 Å². The summed E-state index contributed by atoms with van der Waals surface area (Å²) < 4.78 is 8.80. The Morgan fingerprint density at radius 1 is 0.380 bits per heavy atom. The van der Waals surface area contributed by atoms with Crippen molar-refractivity contribution in [2.75, 3.05) is 0 Å². The van der Waals surface area contributed by atoms with Crippen LogP contribution in [0.4, 0.5) is 0 Å². The molecule has 0 atom stereocenters. The third-order valence-corrected chi connectivity index (χ3v) is 9.46. The third-order valence-electron chi connectivity index (χ3n) is 9.46. The average Bonchev–Trinajstić information content (AvgIpc) is 3.74. The van der Waals surface area contributed by atoms with Gasteiger partial charge in [-0.05, 0) is 65.7 Å². The van der Waals surface area contributed by atoms with Gasteiger partial charge in [0, 0.05) is 38.5 Å². The summed E-state index contributed by atoms with van der Waals surface area (Å²) in [5.74, 6) is 1.89. The van der Waals surface area contributed by atoms with Crippen molar-refractivity contribution >= 4 is 43.7 Å². The van der Waals surface area contributed by atoms with Gasteiger partial charge in [0.05, 0.1) is 16.4 Å². The minimum atomic E-state index is 0.622. The van der Waals surface area contributed by atoms with Crippen molar-refractivity contribution in [1.82, 2.24) is 19.5 Å². The molecule has 10 aromatic rings. The summed E-state index contributed by atoms with van der Waals surface area (Å²) in [5, 5.41) is 4.53. The lowest BCUT2D eigenvalue weighted by molar-refractivity contribution is 0.673. The number of fused-ring (bicyclic) bond motifs is 7. The van der Waals surface area contributed by atoms with E-state index in [1.165, 1.54) is 0 Å². The Kier molecular flexibility index (Phi) is 6.42. The second-order valence-electron chi connectivity index (χ2n) is 12.5. The lowest BCUT2D eigenvalue weighted by atomic mass is 10.0. The number of aromatic nitrogens is 4. The molecule has 234 valence electrons. The number of para-hydroxylation sites is 2. The van der Waals surface area contributed by atoms with Gasteiger partial charge in [-0.3, -0.25) is 0 Å². The van der Waals surface area contributed by atoms with Gasteiger partial charge in [0.2, 0.25) is 0 Å². The molecule has 0 aliphatic carbocycles. The van der Waals surface area contributed by atoms with Crippen LogP contribution in [-0.4, -0.2) is 19.5 Å². The van der Waals surface area contributed by atoms with Crippen molar-refractivity contribution in [2.24, 2.45) is 0 Å². The summed E-state index contributed by atoms with van der Waals surface area (Å²) in [7, 11) is 0. The molecule has 3 heterocycles. The van der Waals surface area contributed by atoms with E-state index >= 15 is 0 Å². The van der Waals surface area contributed by atoms with Gasteiger partial charge in [-0.25, -0.2) is 15.0 Å². The quantitative estimate of drug-likeness (QED) is 0.188. The second kappa shape index (κ2) is 11.4. The molecule has 5 heteroatoms. The van der Waals surface area contributed by atoms with E-state index in [2.05, 4.69) is 126 Å². The van der Waals surface area contributed by atoms with Gasteiger partial charge in [-0.15, -0.1) is 0 Å². The van der Waals surface area contributed by atoms with Crippen molar-refractivity contribution in [2.45, 2.75) is 0 Å². The Morgan fingerprint density at radius 3 is 1.72 bits per heavy atom. The minimum absolute atomic E-state index is 0.622. The lowest BCUT2D eigenvalue weighted by Crippen LogP contribution is -2.00. The van der Waals surface area contributed by atoms with Crippen LogP contribution in [-0.2, 0) is 0 Å². The average molecular weight is 641 g/mol. The maximum absolute atomic E-state index is 6.49. The van der Waals surface area contributed by atoms with Gasteiger partial charge >= 0.3 is 0 Å². The maximum atomic E-state index is 6.49. The standard InChI is InChI=1S/C45H28N4O/c1-3-12-29(13-4-1)32-16-11-17-33(28-32)45-47-43(30-14-5-2-6-15-30)46-44(48-45)31-22-24-34(25-23-31)49-38-20-9-7-19-37(38)41-39(49)27-26-36-35-18-8-10-21-40(35)50-42(36)41/h1-28H. The molecule has 5 nitrogen and oxygen atoms in total. The Hall–Kier alpha value is -6.85. The fourth-order valence-electron chi connectivity index (χ4n) is 7.09. The molecule has 3 aromatic heterocycles. The molecule has 0 amide bonds. The van der Waals surface area contributed by atoms with Crippen molar-refractivity contribution in [1.29, 1.82) is 0 Å². The van der Waals surface area contributed by atoms with Crippen molar-refractivity contribution in [3.63, 3.8) is 0 Å². The fourth-order valence-corrected chi connectivity index (χ4v) is 7.09. The molecule has 0 aliphatic heterocycles. The summed E-state index contributed by atoms with van der Waals surface area (Å²) in [6.45, 7) is 0. The SMILES string of the molecule is c1ccc(-c2cccc(-c3nc(-c4ccccc4)nc(-c4ccc(-n5c6ccccc6c6c7oc8ccccc8c7ccc65)cc4)n3)c2)cc1. The molecular weight excluding hydrogens is 613 g/mol. The molecule has 0 spiro atoms. The molecule has 7 aromatic carbocycles. The minimum Gasteiger partial charge on any atom is -0.455 e. The predicted octanol–water partition coefficient (Wildman–Crippen LogP) is 11.5. The smallest absolute Gasteiger partial charge is 0.164 e. The number of nitrogens with zero attached hydrogens (tertiary/aromatic N) is 4. The molecule has 0 fully saturated rings. The topological polar surface area (TPSA) is 56.7 Å². The zero-order chi connectivity index (χ0) is 33.0. The molecule has 0 bridgehead atoms. The summed E-state index contributed by atoms with van der Waals surface area (Å²) in [6.07, 6.45) is 0. The largest absolute Gasteiger partial charge is 0.455 e. The van der Waals surface area contributed by atoms with Gasteiger partial charge in [0.1, 0.15) is 11.2 Å². The molecule has 0 N–H and O–H groups in total. The van der Waals surface area contributed by atoms with Crippen LogP contribution in [0.15, 0.2) is 174 Å². The molecule has 0 saturated carbocycles. The summed E-state index contributed by atoms with van der Waals surface area (Å²) >= 11 is 0. The Labute approximate surface area is 287 Å². The first-order valence-electron chi connectivity index (χ1n) is 16.7. The van der Waals surface area contributed by atoms with Gasteiger partial charge < -0.3 is 8.98 Å². The first kappa shape index (κ1) is 28.2. The van der Waals surface area contributed by atoms with Crippen molar-refractivity contribution in [3.05, 3.63) is 170 Å². The highest BCUT2D eigenvalue weighted by Gasteiger charge is 2.19. The zero-order valence-electron chi connectivity index (χ0n) is 26.9. The summed E-state index contributed by atoms with van der Waals surface area (Å²) in [6, 6.07) is 58.5. The van der Waals surface area contributed by atoms with Crippen LogP contribution < -0.4 is 0 Å². The number of hydrogen-bond donors (Lipinski definition) is 0. The first-order chi connectivity index (χ1) is 24.8. The van der Waals surface area contributed by atoms with Gasteiger partial charge in [0.25, 0.3) is 0 Å². The lowest BCUT2D eigenvalue weighted by Gasteiger charge is -2.11. The molecule has 10 rings (SSSR count). The number of furan rings is 1. The molecule has 50 heavy (non-hydrogen) atoms. The predicted molar refractivity (Wildman–Crippen MR) is 203 cm³/mol. The zero-order valence-corrected chi connectivity index (χ0v) is 26.9. The van der Waals surface area contributed by atoms with Crippen LogP contribution >= 0.6 is 0 Å². The fraction of sp³-hybridized carbons (Fsp3) is 0. The second-order valence-corrected chi connectivity index (χ2v) is 12.5. The van der Waals surface area contributed by atoms with Gasteiger partial charge in [-0.1, -0.05) is 115 Å². The number of benzene rings is 7. The molecule has 0 radical (unpaired) electrons. The monoisotopic (exact) mass is 640 g/mol. The van der Waals surface area contributed by atoms with E-state index in [1.54, 1.807) is 0 Å².